The zero-order valence-electron chi connectivity index (χ0n) is 26.0. The number of hydrogen-bond acceptors (Lipinski definition) is 4. The van der Waals surface area contributed by atoms with Crippen LogP contribution in [0.15, 0.2) is 48.5 Å². The highest BCUT2D eigenvalue weighted by Crippen LogP contribution is 2.45. The molecule has 0 spiro atoms. The zero-order valence-corrected chi connectivity index (χ0v) is 28.3. The molecule has 1 N–H and O–H groups in total. The van der Waals surface area contributed by atoms with E-state index in [-0.39, 0.29) is 41.6 Å². The molecular formula is C33H38Cl3F6NO4. The normalized spacial score (nSPS) is 20.5. The fourth-order valence-corrected chi connectivity index (χ4v) is 5.79. The minimum Gasteiger partial charge on any atom is -0.373 e. The highest BCUT2D eigenvalue weighted by atomic mass is 35.5. The van der Waals surface area contributed by atoms with E-state index < -0.39 is 40.5 Å². The fraction of sp³-hybridized carbons (Fsp3) is 0.545. The van der Waals surface area contributed by atoms with Crippen LogP contribution in [0.5, 0.6) is 0 Å². The molecule has 0 unspecified atom stereocenters. The fourth-order valence-electron chi connectivity index (χ4n) is 5.39. The van der Waals surface area contributed by atoms with Crippen LogP contribution in [0.3, 0.4) is 0 Å². The maximum absolute atomic E-state index is 13.4. The lowest BCUT2D eigenvalue weighted by molar-refractivity contribution is -0.143. The first-order chi connectivity index (χ1) is 21.9. The first-order valence-corrected chi connectivity index (χ1v) is 16.4. The molecule has 0 aromatic heterocycles. The van der Waals surface area contributed by atoms with Crippen molar-refractivity contribution in [1.29, 1.82) is 0 Å². The van der Waals surface area contributed by atoms with Crippen molar-refractivity contribution in [3.8, 4) is 0 Å². The van der Waals surface area contributed by atoms with E-state index in [1.54, 1.807) is 0 Å². The first-order valence-electron chi connectivity index (χ1n) is 15.0. The topological polar surface area (TPSA) is 72.5 Å². The average Bonchev–Trinajstić information content (AvgIpc) is 3.02. The molecule has 1 amide bonds. The van der Waals surface area contributed by atoms with Gasteiger partial charge in [0.05, 0.1) is 29.4 Å². The SMILES string of the molecule is CC(=O)C1(NC(=O)CCCCl)CCC(CO[C@H](C)c2cc(C(F)(F)F)cc(C(F)(F)F)c2)(c2ccccc2)CC1.O=C(Cl)CCCCl. The van der Waals surface area contributed by atoms with Gasteiger partial charge in [-0.05, 0) is 93.3 Å². The standard InChI is InChI=1S/C29H32ClF6NO3.C4H6Cl2O/c1-19(21-15-23(28(31,32)33)17-24(16-21)29(34,35)36)40-18-26(22-7-4-3-5-8-22)10-12-27(13-11-26,20(2)38)37-25(39)9-6-14-30;5-3-1-2-4(6)7/h3-5,7-8,15-17,19H,6,9-14,18H2,1-2H3,(H,37,39);1-3H2/t19-,26?,27?;/m1./s1. The Morgan fingerprint density at radius 2 is 1.36 bits per heavy atom. The number of ether oxygens (including phenoxy) is 1. The lowest BCUT2D eigenvalue weighted by Gasteiger charge is -2.46. The number of Topliss-reactive ketones (excluding diaryl/α,β-unsaturated/α-hetero) is 1. The molecule has 0 bridgehead atoms. The highest BCUT2D eigenvalue weighted by Gasteiger charge is 2.47. The molecule has 1 aliphatic rings. The van der Waals surface area contributed by atoms with Crippen molar-refractivity contribution in [3.63, 3.8) is 0 Å². The quantitative estimate of drug-likeness (QED) is 0.127. The van der Waals surface area contributed by atoms with Gasteiger partial charge in [0.15, 0.2) is 5.78 Å². The van der Waals surface area contributed by atoms with Gasteiger partial charge in [-0.3, -0.25) is 14.4 Å². The summed E-state index contributed by atoms with van der Waals surface area (Å²) in [4.78, 5) is 35.1. The molecule has 14 heteroatoms. The van der Waals surface area contributed by atoms with E-state index in [1.165, 1.54) is 13.8 Å². The van der Waals surface area contributed by atoms with Crippen LogP contribution >= 0.6 is 34.8 Å². The Labute approximate surface area is 285 Å². The van der Waals surface area contributed by atoms with Crippen LogP contribution in [0.2, 0.25) is 0 Å². The van der Waals surface area contributed by atoms with E-state index in [1.807, 2.05) is 30.3 Å². The second-order valence-corrected chi connectivity index (χ2v) is 12.7. The Balaban J connectivity index is 0.000000984. The van der Waals surface area contributed by atoms with Gasteiger partial charge in [-0.2, -0.15) is 26.3 Å². The van der Waals surface area contributed by atoms with E-state index in [9.17, 15) is 40.7 Å². The Bertz CT molecular complexity index is 1300. The molecule has 1 fully saturated rings. The Hall–Kier alpha value is -2.34. The van der Waals surface area contributed by atoms with Gasteiger partial charge >= 0.3 is 12.4 Å². The van der Waals surface area contributed by atoms with Gasteiger partial charge < -0.3 is 10.1 Å². The van der Waals surface area contributed by atoms with E-state index in [0.29, 0.717) is 68.8 Å². The van der Waals surface area contributed by atoms with Crippen LogP contribution in [0.4, 0.5) is 26.3 Å². The number of hydrogen-bond donors (Lipinski definition) is 1. The lowest BCUT2D eigenvalue weighted by atomic mass is 9.63. The van der Waals surface area contributed by atoms with Gasteiger partial charge in [0.1, 0.15) is 0 Å². The first kappa shape index (κ1) is 40.8. The monoisotopic (exact) mass is 731 g/mol. The van der Waals surface area contributed by atoms with Crippen LogP contribution in [0.1, 0.15) is 93.6 Å². The van der Waals surface area contributed by atoms with Gasteiger partial charge in [0.25, 0.3) is 0 Å². The van der Waals surface area contributed by atoms with Crippen LogP contribution in [-0.4, -0.2) is 40.8 Å². The molecule has 0 saturated heterocycles. The molecule has 3 rings (SSSR count). The summed E-state index contributed by atoms with van der Waals surface area (Å²) >= 11 is 15.9. The van der Waals surface area contributed by atoms with Crippen molar-refractivity contribution in [3.05, 3.63) is 70.8 Å². The number of rotatable bonds is 13. The molecular weight excluding hydrogens is 695 g/mol. The average molecular weight is 733 g/mol. The predicted octanol–water partition coefficient (Wildman–Crippen LogP) is 9.55. The summed E-state index contributed by atoms with van der Waals surface area (Å²) in [5.41, 5.74) is -3.93. The Morgan fingerprint density at radius 3 is 1.79 bits per heavy atom. The van der Waals surface area contributed by atoms with E-state index in [0.717, 1.165) is 5.56 Å². The molecule has 1 saturated carbocycles. The number of carbonyl (C=O) groups is 3. The summed E-state index contributed by atoms with van der Waals surface area (Å²) in [6.07, 6.45) is -7.90. The van der Waals surface area contributed by atoms with Crippen LogP contribution in [-0.2, 0) is 36.9 Å². The number of amides is 1. The van der Waals surface area contributed by atoms with Crippen molar-refractivity contribution in [1.82, 2.24) is 5.32 Å². The molecule has 0 aliphatic heterocycles. The molecule has 1 atom stereocenters. The summed E-state index contributed by atoms with van der Waals surface area (Å²) in [6, 6.07) is 10.7. The molecule has 262 valence electrons. The predicted molar refractivity (Wildman–Crippen MR) is 170 cm³/mol. The maximum atomic E-state index is 13.4. The summed E-state index contributed by atoms with van der Waals surface area (Å²) in [6.45, 7) is 2.82. The van der Waals surface area contributed by atoms with Crippen molar-refractivity contribution >= 4 is 51.7 Å². The highest BCUT2D eigenvalue weighted by molar-refractivity contribution is 6.63. The van der Waals surface area contributed by atoms with E-state index >= 15 is 0 Å². The second-order valence-electron chi connectivity index (χ2n) is 11.6. The lowest BCUT2D eigenvalue weighted by Crippen LogP contribution is -2.58. The smallest absolute Gasteiger partial charge is 0.373 e. The minimum atomic E-state index is -4.96. The largest absolute Gasteiger partial charge is 0.416 e. The zero-order chi connectivity index (χ0) is 35.5. The third kappa shape index (κ3) is 12.2. The van der Waals surface area contributed by atoms with Gasteiger partial charge in [-0.15, -0.1) is 23.2 Å². The van der Waals surface area contributed by atoms with Gasteiger partial charge in [0, 0.05) is 30.0 Å². The number of benzene rings is 2. The molecule has 2 aromatic carbocycles. The van der Waals surface area contributed by atoms with Gasteiger partial charge in [0.2, 0.25) is 11.1 Å². The maximum Gasteiger partial charge on any atom is 0.416 e. The second kappa shape index (κ2) is 17.9. The van der Waals surface area contributed by atoms with Gasteiger partial charge in [-0.1, -0.05) is 30.3 Å². The molecule has 2 aromatic rings. The van der Waals surface area contributed by atoms with Crippen LogP contribution in [0, 0.1) is 0 Å². The molecule has 1 aliphatic carbocycles. The molecule has 0 heterocycles. The minimum absolute atomic E-state index is 0.00996. The number of carbonyl (C=O) groups excluding carboxylic acids is 3. The molecule has 47 heavy (non-hydrogen) atoms. The Kier molecular flexibility index (Phi) is 15.5. The van der Waals surface area contributed by atoms with Crippen LogP contribution < -0.4 is 5.32 Å². The summed E-state index contributed by atoms with van der Waals surface area (Å²) in [5.74, 6) is 0.353. The number of ketones is 1. The third-order valence-electron chi connectivity index (χ3n) is 8.23. The molecule has 5 nitrogen and oxygen atoms in total. The van der Waals surface area contributed by atoms with Crippen molar-refractivity contribution < 1.29 is 45.5 Å². The summed E-state index contributed by atoms with van der Waals surface area (Å²) in [7, 11) is 0. The third-order valence-corrected chi connectivity index (χ3v) is 8.96. The molecule has 0 radical (unpaired) electrons. The van der Waals surface area contributed by atoms with Gasteiger partial charge in [-0.25, -0.2) is 0 Å². The van der Waals surface area contributed by atoms with Crippen LogP contribution in [0.25, 0.3) is 0 Å². The van der Waals surface area contributed by atoms with Crippen molar-refractivity contribution in [2.75, 3.05) is 18.4 Å². The van der Waals surface area contributed by atoms with Crippen molar-refractivity contribution in [2.24, 2.45) is 0 Å². The Morgan fingerprint density at radius 1 is 0.851 bits per heavy atom. The number of alkyl halides is 8. The van der Waals surface area contributed by atoms with Crippen molar-refractivity contribution in [2.45, 2.75) is 94.6 Å². The summed E-state index contributed by atoms with van der Waals surface area (Å²) in [5, 5.41) is 2.58. The summed E-state index contributed by atoms with van der Waals surface area (Å²) < 4.78 is 86.3. The number of halogens is 9. The van der Waals surface area contributed by atoms with E-state index in [2.05, 4.69) is 5.32 Å². The number of nitrogens with one attached hydrogen (secondary N) is 1. The van der Waals surface area contributed by atoms with E-state index in [4.69, 9.17) is 39.5 Å².